The lowest BCUT2D eigenvalue weighted by Gasteiger charge is -2.15. The number of carbonyl (C=O) groups excluding carboxylic acids is 1. The number of fused-ring (bicyclic) bond motifs is 1. The standard InChI is InChI=1S/C19H20N4O/c1-22-13-17(11-21-22)19(24)23-8-6-15(12-23)9-14-4-5-18-16(10-14)3-2-7-20-18/h2-5,7,10-11,13,15H,6,8-9,12H2,1H3/t15-/m0/s1. The number of pyridine rings is 1. The monoisotopic (exact) mass is 320 g/mol. The van der Waals surface area contributed by atoms with Crippen LogP contribution in [0.25, 0.3) is 10.9 Å². The highest BCUT2D eigenvalue weighted by molar-refractivity contribution is 5.93. The van der Waals surface area contributed by atoms with E-state index in [1.807, 2.05) is 24.2 Å². The Morgan fingerprint density at radius 3 is 3.08 bits per heavy atom. The van der Waals surface area contributed by atoms with Crippen molar-refractivity contribution >= 4 is 16.8 Å². The fourth-order valence-electron chi connectivity index (χ4n) is 3.48. The van der Waals surface area contributed by atoms with Gasteiger partial charge >= 0.3 is 0 Å². The van der Waals surface area contributed by atoms with Gasteiger partial charge in [-0.25, -0.2) is 0 Å². The summed E-state index contributed by atoms with van der Waals surface area (Å²) in [6, 6.07) is 10.5. The lowest BCUT2D eigenvalue weighted by molar-refractivity contribution is 0.0787. The van der Waals surface area contributed by atoms with Gasteiger partial charge in [0.15, 0.2) is 0 Å². The predicted octanol–water partition coefficient (Wildman–Crippen LogP) is 2.67. The minimum Gasteiger partial charge on any atom is -0.338 e. The third kappa shape index (κ3) is 2.89. The average Bonchev–Trinajstić information content (AvgIpc) is 3.23. The van der Waals surface area contributed by atoms with Crippen molar-refractivity contribution in [3.63, 3.8) is 0 Å². The lowest BCUT2D eigenvalue weighted by atomic mass is 9.97. The SMILES string of the molecule is Cn1cc(C(=O)N2CC[C@@H](Cc3ccc4ncccc4c3)C2)cn1. The average molecular weight is 320 g/mol. The van der Waals surface area contributed by atoms with Gasteiger partial charge in [0.25, 0.3) is 5.91 Å². The van der Waals surface area contributed by atoms with Crippen molar-refractivity contribution < 1.29 is 4.79 Å². The number of amides is 1. The Morgan fingerprint density at radius 1 is 1.33 bits per heavy atom. The molecule has 24 heavy (non-hydrogen) atoms. The molecule has 5 nitrogen and oxygen atoms in total. The van der Waals surface area contributed by atoms with E-state index in [2.05, 4.69) is 34.3 Å². The topological polar surface area (TPSA) is 51.0 Å². The zero-order chi connectivity index (χ0) is 16.5. The molecule has 3 aromatic rings. The van der Waals surface area contributed by atoms with Gasteiger partial charge in [-0.1, -0.05) is 12.1 Å². The maximum atomic E-state index is 12.5. The number of hydrogen-bond acceptors (Lipinski definition) is 3. The quantitative estimate of drug-likeness (QED) is 0.745. The predicted molar refractivity (Wildman–Crippen MR) is 92.7 cm³/mol. The van der Waals surface area contributed by atoms with Gasteiger partial charge in [0.1, 0.15) is 0 Å². The van der Waals surface area contributed by atoms with E-state index in [1.165, 1.54) is 10.9 Å². The van der Waals surface area contributed by atoms with E-state index in [4.69, 9.17) is 0 Å². The van der Waals surface area contributed by atoms with Gasteiger partial charge in [-0.05, 0) is 42.5 Å². The number of nitrogens with zero attached hydrogens (tertiary/aromatic N) is 4. The molecule has 1 amide bonds. The molecule has 0 saturated carbocycles. The highest BCUT2D eigenvalue weighted by Gasteiger charge is 2.27. The maximum Gasteiger partial charge on any atom is 0.257 e. The van der Waals surface area contributed by atoms with Gasteiger partial charge in [0.05, 0.1) is 17.3 Å². The Labute approximate surface area is 140 Å². The normalized spacial score (nSPS) is 17.5. The van der Waals surface area contributed by atoms with Gasteiger partial charge < -0.3 is 4.90 Å². The second kappa shape index (κ2) is 6.07. The molecule has 1 aromatic carbocycles. The summed E-state index contributed by atoms with van der Waals surface area (Å²) in [7, 11) is 1.83. The van der Waals surface area contributed by atoms with E-state index in [1.54, 1.807) is 17.1 Å². The van der Waals surface area contributed by atoms with Crippen LogP contribution in [-0.2, 0) is 13.5 Å². The Morgan fingerprint density at radius 2 is 2.25 bits per heavy atom. The maximum absolute atomic E-state index is 12.5. The number of benzene rings is 1. The van der Waals surface area contributed by atoms with Gasteiger partial charge in [0.2, 0.25) is 0 Å². The summed E-state index contributed by atoms with van der Waals surface area (Å²) < 4.78 is 1.67. The molecule has 1 fully saturated rings. The number of aromatic nitrogens is 3. The van der Waals surface area contributed by atoms with Crippen LogP contribution in [-0.4, -0.2) is 38.7 Å². The Bertz CT molecular complexity index is 886. The minimum absolute atomic E-state index is 0.0910. The number of carbonyl (C=O) groups is 1. The molecule has 0 radical (unpaired) electrons. The van der Waals surface area contributed by atoms with Crippen LogP contribution < -0.4 is 0 Å². The summed E-state index contributed by atoms with van der Waals surface area (Å²) in [5, 5.41) is 5.27. The fourth-order valence-corrected chi connectivity index (χ4v) is 3.48. The molecule has 1 aliphatic heterocycles. The van der Waals surface area contributed by atoms with E-state index < -0.39 is 0 Å². The van der Waals surface area contributed by atoms with Crippen molar-refractivity contribution in [2.45, 2.75) is 12.8 Å². The first-order valence-electron chi connectivity index (χ1n) is 8.30. The van der Waals surface area contributed by atoms with Gasteiger partial charge in [-0.15, -0.1) is 0 Å². The summed E-state index contributed by atoms with van der Waals surface area (Å²) in [5.74, 6) is 0.605. The summed E-state index contributed by atoms with van der Waals surface area (Å²) >= 11 is 0. The van der Waals surface area contributed by atoms with Crippen LogP contribution in [0.5, 0.6) is 0 Å². The number of rotatable bonds is 3. The number of likely N-dealkylation sites (tertiary alicyclic amines) is 1. The summed E-state index contributed by atoms with van der Waals surface area (Å²) in [4.78, 5) is 18.8. The summed E-state index contributed by atoms with van der Waals surface area (Å²) in [6.07, 6.45) is 7.30. The van der Waals surface area contributed by atoms with Gasteiger partial charge in [-0.3, -0.25) is 14.5 Å². The van der Waals surface area contributed by atoms with E-state index in [9.17, 15) is 4.79 Å². The first-order valence-corrected chi connectivity index (χ1v) is 8.30. The van der Waals surface area contributed by atoms with Gasteiger partial charge in [0, 0.05) is 37.9 Å². The molecule has 0 N–H and O–H groups in total. The molecule has 4 rings (SSSR count). The molecule has 0 bridgehead atoms. The van der Waals surface area contributed by atoms with Crippen LogP contribution in [0, 0.1) is 5.92 Å². The van der Waals surface area contributed by atoms with Crippen molar-refractivity contribution in [3.05, 3.63) is 60.0 Å². The fraction of sp³-hybridized carbons (Fsp3) is 0.316. The van der Waals surface area contributed by atoms with Crippen molar-refractivity contribution in [2.75, 3.05) is 13.1 Å². The Balaban J connectivity index is 1.43. The third-order valence-corrected chi connectivity index (χ3v) is 4.72. The van der Waals surface area contributed by atoms with Crippen molar-refractivity contribution in [3.8, 4) is 0 Å². The molecule has 0 aliphatic carbocycles. The second-order valence-electron chi connectivity index (χ2n) is 6.54. The number of aryl methyl sites for hydroxylation is 1. The molecule has 122 valence electrons. The molecule has 0 unspecified atom stereocenters. The summed E-state index contributed by atoms with van der Waals surface area (Å²) in [6.45, 7) is 1.65. The molecule has 2 aromatic heterocycles. The van der Waals surface area contributed by atoms with Crippen LogP contribution in [0.2, 0.25) is 0 Å². The first-order chi connectivity index (χ1) is 11.7. The van der Waals surface area contributed by atoms with E-state index in [-0.39, 0.29) is 5.91 Å². The number of hydrogen-bond donors (Lipinski definition) is 0. The van der Waals surface area contributed by atoms with Crippen molar-refractivity contribution in [1.29, 1.82) is 0 Å². The van der Waals surface area contributed by atoms with E-state index >= 15 is 0 Å². The largest absolute Gasteiger partial charge is 0.338 e. The Hall–Kier alpha value is -2.69. The smallest absolute Gasteiger partial charge is 0.257 e. The molecule has 3 heterocycles. The lowest BCUT2D eigenvalue weighted by Crippen LogP contribution is -2.28. The molecular formula is C19H20N4O. The summed E-state index contributed by atoms with van der Waals surface area (Å²) in [5.41, 5.74) is 3.02. The van der Waals surface area contributed by atoms with Crippen LogP contribution in [0.4, 0.5) is 0 Å². The van der Waals surface area contributed by atoms with Crippen LogP contribution in [0.15, 0.2) is 48.9 Å². The van der Waals surface area contributed by atoms with E-state index in [0.717, 1.165) is 31.4 Å². The van der Waals surface area contributed by atoms with Crippen LogP contribution in [0.3, 0.4) is 0 Å². The zero-order valence-corrected chi connectivity index (χ0v) is 13.7. The van der Waals surface area contributed by atoms with Crippen molar-refractivity contribution in [2.24, 2.45) is 13.0 Å². The van der Waals surface area contributed by atoms with E-state index in [0.29, 0.717) is 11.5 Å². The van der Waals surface area contributed by atoms with Crippen LogP contribution >= 0.6 is 0 Å². The molecule has 5 heteroatoms. The third-order valence-electron chi connectivity index (χ3n) is 4.72. The molecule has 1 atom stereocenters. The van der Waals surface area contributed by atoms with Gasteiger partial charge in [-0.2, -0.15) is 5.10 Å². The molecule has 0 spiro atoms. The molecular weight excluding hydrogens is 300 g/mol. The van der Waals surface area contributed by atoms with Crippen LogP contribution in [0.1, 0.15) is 22.3 Å². The highest BCUT2D eigenvalue weighted by atomic mass is 16.2. The molecule has 1 saturated heterocycles. The minimum atomic E-state index is 0.0910. The highest BCUT2D eigenvalue weighted by Crippen LogP contribution is 2.24. The second-order valence-corrected chi connectivity index (χ2v) is 6.54. The Kier molecular flexibility index (Phi) is 3.76. The zero-order valence-electron chi connectivity index (χ0n) is 13.7. The van der Waals surface area contributed by atoms with Crippen molar-refractivity contribution in [1.82, 2.24) is 19.7 Å². The first kappa shape index (κ1) is 14.9. The molecule has 1 aliphatic rings.